The lowest BCUT2D eigenvalue weighted by Gasteiger charge is -2.18. The standard InChI is InChI=1S/C15H20BrFN4/c1-3-12-9-15(21(4-2)20-12)14(19-18)8-10-7-11(17)5-6-13(10)16/h5-7,9,14,19H,3-4,8,18H2,1-2H3. The van der Waals surface area contributed by atoms with Gasteiger partial charge in [0.05, 0.1) is 17.4 Å². The third-order valence-electron chi connectivity index (χ3n) is 3.51. The average molecular weight is 355 g/mol. The lowest BCUT2D eigenvalue weighted by molar-refractivity contribution is 0.488. The number of nitrogens with two attached hydrogens (primary N) is 1. The second-order valence-corrected chi connectivity index (χ2v) is 5.74. The molecule has 0 fully saturated rings. The second kappa shape index (κ2) is 7.15. The summed E-state index contributed by atoms with van der Waals surface area (Å²) >= 11 is 3.46. The summed E-state index contributed by atoms with van der Waals surface area (Å²) in [5.41, 5.74) is 5.75. The molecule has 0 saturated carbocycles. The molecule has 4 nitrogen and oxygen atoms in total. The van der Waals surface area contributed by atoms with Crippen molar-refractivity contribution in [1.82, 2.24) is 15.2 Å². The second-order valence-electron chi connectivity index (χ2n) is 4.89. The van der Waals surface area contributed by atoms with Crippen LogP contribution >= 0.6 is 15.9 Å². The molecule has 1 aromatic carbocycles. The van der Waals surface area contributed by atoms with Crippen LogP contribution < -0.4 is 11.3 Å². The summed E-state index contributed by atoms with van der Waals surface area (Å²) in [5, 5.41) is 4.53. The Bertz CT molecular complexity index is 612. The van der Waals surface area contributed by atoms with E-state index in [1.165, 1.54) is 12.1 Å². The molecule has 1 atom stereocenters. The van der Waals surface area contributed by atoms with Crippen LogP contribution in [0.5, 0.6) is 0 Å². The largest absolute Gasteiger partial charge is 0.271 e. The molecule has 2 rings (SSSR count). The number of aryl methyl sites for hydroxylation is 2. The van der Waals surface area contributed by atoms with E-state index in [4.69, 9.17) is 5.84 Å². The van der Waals surface area contributed by atoms with E-state index in [9.17, 15) is 4.39 Å². The van der Waals surface area contributed by atoms with Gasteiger partial charge in [-0.3, -0.25) is 16.0 Å². The van der Waals surface area contributed by atoms with Gasteiger partial charge in [0.1, 0.15) is 5.82 Å². The van der Waals surface area contributed by atoms with Crippen LogP contribution in [0.15, 0.2) is 28.7 Å². The molecular weight excluding hydrogens is 335 g/mol. The van der Waals surface area contributed by atoms with Crippen LogP contribution in [0.1, 0.15) is 36.8 Å². The van der Waals surface area contributed by atoms with Gasteiger partial charge in [-0.2, -0.15) is 5.10 Å². The van der Waals surface area contributed by atoms with Crippen molar-refractivity contribution in [3.05, 3.63) is 51.5 Å². The number of halogens is 2. The Labute approximate surface area is 132 Å². The monoisotopic (exact) mass is 354 g/mol. The molecule has 1 aromatic heterocycles. The maximum absolute atomic E-state index is 13.4. The van der Waals surface area contributed by atoms with E-state index in [1.54, 1.807) is 6.07 Å². The number of benzene rings is 1. The number of nitrogens with zero attached hydrogens (tertiary/aromatic N) is 2. The van der Waals surface area contributed by atoms with Crippen LogP contribution in [0.2, 0.25) is 0 Å². The van der Waals surface area contributed by atoms with E-state index in [0.717, 1.165) is 34.4 Å². The number of hydrogen-bond donors (Lipinski definition) is 2. The third kappa shape index (κ3) is 3.70. The van der Waals surface area contributed by atoms with Crippen molar-refractivity contribution in [2.24, 2.45) is 5.84 Å². The van der Waals surface area contributed by atoms with Crippen molar-refractivity contribution in [3.63, 3.8) is 0 Å². The molecule has 1 heterocycles. The Morgan fingerprint density at radius 2 is 2.14 bits per heavy atom. The van der Waals surface area contributed by atoms with Crippen LogP contribution in [0.3, 0.4) is 0 Å². The van der Waals surface area contributed by atoms with Crippen molar-refractivity contribution in [3.8, 4) is 0 Å². The van der Waals surface area contributed by atoms with Crippen LogP contribution in [0, 0.1) is 5.82 Å². The first-order chi connectivity index (χ1) is 10.1. The van der Waals surface area contributed by atoms with E-state index in [0.29, 0.717) is 6.42 Å². The molecule has 0 aliphatic heterocycles. The maximum atomic E-state index is 13.4. The van der Waals surface area contributed by atoms with Crippen molar-refractivity contribution >= 4 is 15.9 Å². The lowest BCUT2D eigenvalue weighted by atomic mass is 10.0. The highest BCUT2D eigenvalue weighted by Crippen LogP contribution is 2.25. The summed E-state index contributed by atoms with van der Waals surface area (Å²) in [7, 11) is 0. The van der Waals surface area contributed by atoms with Gasteiger partial charge in [-0.05, 0) is 49.6 Å². The molecule has 0 saturated heterocycles. The van der Waals surface area contributed by atoms with Crippen molar-refractivity contribution < 1.29 is 4.39 Å². The fourth-order valence-electron chi connectivity index (χ4n) is 2.36. The Kier molecular flexibility index (Phi) is 5.50. The van der Waals surface area contributed by atoms with E-state index in [-0.39, 0.29) is 11.9 Å². The summed E-state index contributed by atoms with van der Waals surface area (Å²) < 4.78 is 16.2. The van der Waals surface area contributed by atoms with Gasteiger partial charge in [0, 0.05) is 11.0 Å². The minimum atomic E-state index is -0.248. The van der Waals surface area contributed by atoms with Crippen molar-refractivity contribution in [1.29, 1.82) is 0 Å². The molecule has 6 heteroatoms. The van der Waals surface area contributed by atoms with Crippen molar-refractivity contribution in [2.45, 2.75) is 39.3 Å². The fourth-order valence-corrected chi connectivity index (χ4v) is 2.77. The maximum Gasteiger partial charge on any atom is 0.123 e. The Morgan fingerprint density at radius 3 is 2.76 bits per heavy atom. The van der Waals surface area contributed by atoms with E-state index < -0.39 is 0 Å². The van der Waals surface area contributed by atoms with Gasteiger partial charge in [0.25, 0.3) is 0 Å². The molecule has 1 unspecified atom stereocenters. The molecule has 3 N–H and O–H groups in total. The van der Waals surface area contributed by atoms with Gasteiger partial charge in [0.15, 0.2) is 0 Å². The molecule has 21 heavy (non-hydrogen) atoms. The molecule has 0 bridgehead atoms. The van der Waals surface area contributed by atoms with E-state index in [2.05, 4.69) is 39.4 Å². The minimum absolute atomic E-state index is 0.115. The van der Waals surface area contributed by atoms with Gasteiger partial charge in [-0.1, -0.05) is 22.9 Å². The first-order valence-electron chi connectivity index (χ1n) is 7.05. The number of aromatic nitrogens is 2. The van der Waals surface area contributed by atoms with Gasteiger partial charge in [0.2, 0.25) is 0 Å². The highest BCUT2D eigenvalue weighted by Gasteiger charge is 2.18. The highest BCUT2D eigenvalue weighted by molar-refractivity contribution is 9.10. The van der Waals surface area contributed by atoms with Gasteiger partial charge < -0.3 is 0 Å². The molecule has 0 spiro atoms. The summed E-state index contributed by atoms with van der Waals surface area (Å²) in [6.07, 6.45) is 1.46. The summed E-state index contributed by atoms with van der Waals surface area (Å²) in [4.78, 5) is 0. The third-order valence-corrected chi connectivity index (χ3v) is 4.29. The average Bonchev–Trinajstić information content (AvgIpc) is 2.91. The molecule has 0 radical (unpaired) electrons. The number of hydrazine groups is 1. The minimum Gasteiger partial charge on any atom is -0.271 e. The van der Waals surface area contributed by atoms with E-state index >= 15 is 0 Å². The Hall–Kier alpha value is -1.24. The predicted octanol–water partition coefficient (Wildman–Crippen LogP) is 3.11. The quantitative estimate of drug-likeness (QED) is 0.618. The Balaban J connectivity index is 2.31. The fraction of sp³-hybridized carbons (Fsp3) is 0.400. The first kappa shape index (κ1) is 16.1. The van der Waals surface area contributed by atoms with E-state index in [1.807, 2.05) is 11.6 Å². The SMILES string of the molecule is CCc1cc(C(Cc2cc(F)ccc2Br)NN)n(CC)n1. The summed E-state index contributed by atoms with van der Waals surface area (Å²) in [6, 6.07) is 6.62. The molecule has 2 aromatic rings. The zero-order valence-electron chi connectivity index (χ0n) is 12.2. The van der Waals surface area contributed by atoms with Gasteiger partial charge in [-0.15, -0.1) is 0 Å². The Morgan fingerprint density at radius 1 is 1.38 bits per heavy atom. The first-order valence-corrected chi connectivity index (χ1v) is 7.85. The highest BCUT2D eigenvalue weighted by atomic mass is 79.9. The predicted molar refractivity (Wildman–Crippen MR) is 85.1 cm³/mol. The molecule has 114 valence electrons. The molecular formula is C15H20BrFN4. The smallest absolute Gasteiger partial charge is 0.123 e. The van der Waals surface area contributed by atoms with Gasteiger partial charge >= 0.3 is 0 Å². The van der Waals surface area contributed by atoms with Gasteiger partial charge in [-0.25, -0.2) is 4.39 Å². The number of hydrogen-bond acceptors (Lipinski definition) is 3. The van der Waals surface area contributed by atoms with Crippen LogP contribution in [-0.2, 0) is 19.4 Å². The van der Waals surface area contributed by atoms with Crippen LogP contribution in [0.25, 0.3) is 0 Å². The topological polar surface area (TPSA) is 55.9 Å². The number of rotatable bonds is 6. The lowest BCUT2D eigenvalue weighted by Crippen LogP contribution is -2.31. The summed E-state index contributed by atoms with van der Waals surface area (Å²) in [5.74, 6) is 5.47. The van der Waals surface area contributed by atoms with Crippen molar-refractivity contribution in [2.75, 3.05) is 0 Å². The number of nitrogens with one attached hydrogen (secondary N) is 1. The molecule has 0 amide bonds. The molecule has 0 aliphatic carbocycles. The van der Waals surface area contributed by atoms with Crippen LogP contribution in [-0.4, -0.2) is 9.78 Å². The summed E-state index contributed by atoms with van der Waals surface area (Å²) in [6.45, 7) is 4.89. The van der Waals surface area contributed by atoms with Crippen LogP contribution in [0.4, 0.5) is 4.39 Å². The zero-order valence-corrected chi connectivity index (χ0v) is 13.8. The molecule has 0 aliphatic rings. The zero-order chi connectivity index (χ0) is 15.4. The normalized spacial score (nSPS) is 12.6.